The highest BCUT2D eigenvalue weighted by Crippen LogP contribution is 2.49. The molecule has 1 saturated heterocycles. The Balaban J connectivity index is 1.52. The third-order valence-corrected chi connectivity index (χ3v) is 8.38. The maximum absolute atomic E-state index is 14.7. The quantitative estimate of drug-likeness (QED) is 0.205. The number of amides is 1. The normalized spacial score (nSPS) is 19.4. The summed E-state index contributed by atoms with van der Waals surface area (Å²) in [5.41, 5.74) is 5.41. The molecule has 0 aromatic heterocycles. The van der Waals surface area contributed by atoms with Crippen molar-refractivity contribution in [3.8, 4) is 0 Å². The van der Waals surface area contributed by atoms with Gasteiger partial charge in [0.2, 0.25) is 5.91 Å². The van der Waals surface area contributed by atoms with Gasteiger partial charge in [-0.25, -0.2) is 0 Å². The van der Waals surface area contributed by atoms with Gasteiger partial charge >= 0.3 is 0 Å². The van der Waals surface area contributed by atoms with E-state index in [0.717, 1.165) is 27.8 Å². The summed E-state index contributed by atoms with van der Waals surface area (Å²) in [6.07, 6.45) is 2.75. The van der Waals surface area contributed by atoms with Crippen LogP contribution in [-0.2, 0) is 11.3 Å². The van der Waals surface area contributed by atoms with Crippen LogP contribution in [0.2, 0.25) is 0 Å². The molecule has 0 bridgehead atoms. The molecule has 0 unspecified atom stereocenters. The summed E-state index contributed by atoms with van der Waals surface area (Å²) in [5.74, 6) is -1.01. The molecule has 6 rings (SSSR count). The highest BCUT2D eigenvalue weighted by atomic mass is 16.3. The molecular weight excluding hydrogens is 514 g/mol. The Morgan fingerprint density at radius 1 is 0.643 bits per heavy atom. The van der Waals surface area contributed by atoms with Gasteiger partial charge in [0.05, 0.1) is 18.1 Å². The molecular formula is C39H35NO2. The first kappa shape index (κ1) is 27.4. The summed E-state index contributed by atoms with van der Waals surface area (Å²) in [4.78, 5) is 16.7. The van der Waals surface area contributed by atoms with Crippen LogP contribution in [0, 0.1) is 5.92 Å². The Morgan fingerprint density at radius 2 is 1.12 bits per heavy atom. The molecule has 5 aromatic carbocycles. The second kappa shape index (κ2) is 12.8. The number of carbonyl (C=O) groups excluding carboxylic acids is 1. The van der Waals surface area contributed by atoms with Crippen molar-refractivity contribution in [1.29, 1.82) is 0 Å². The van der Waals surface area contributed by atoms with Crippen molar-refractivity contribution in [3.05, 3.63) is 186 Å². The Hall–Kier alpha value is -4.73. The van der Waals surface area contributed by atoms with Gasteiger partial charge in [-0.05, 0) is 27.8 Å². The SMILES string of the molecule is O=C1[C@@H]([C@@H](O)/C=C/c2ccccc2)[C@H](c2ccccc2)[C@@H](C(c2ccccc2)c2ccccc2)N1Cc1ccccc1. The predicted octanol–water partition coefficient (Wildman–Crippen LogP) is 7.70. The van der Waals surface area contributed by atoms with E-state index in [1.165, 1.54) is 0 Å². The Labute approximate surface area is 248 Å². The van der Waals surface area contributed by atoms with E-state index in [1.807, 2.05) is 89.8 Å². The van der Waals surface area contributed by atoms with Gasteiger partial charge in [-0.3, -0.25) is 4.79 Å². The first-order chi connectivity index (χ1) is 20.7. The van der Waals surface area contributed by atoms with E-state index in [9.17, 15) is 9.90 Å². The van der Waals surface area contributed by atoms with Crippen LogP contribution in [0.3, 0.4) is 0 Å². The molecule has 42 heavy (non-hydrogen) atoms. The maximum atomic E-state index is 14.7. The average Bonchev–Trinajstić information content (AvgIpc) is 3.33. The predicted molar refractivity (Wildman–Crippen MR) is 170 cm³/mol. The van der Waals surface area contributed by atoms with E-state index < -0.39 is 12.0 Å². The van der Waals surface area contributed by atoms with Crippen LogP contribution in [-0.4, -0.2) is 28.1 Å². The molecule has 1 N–H and O–H groups in total. The monoisotopic (exact) mass is 549 g/mol. The Bertz CT molecular complexity index is 1550. The van der Waals surface area contributed by atoms with Crippen molar-refractivity contribution < 1.29 is 9.90 Å². The number of likely N-dealkylation sites (tertiary alicyclic amines) is 1. The van der Waals surface area contributed by atoms with Crippen LogP contribution >= 0.6 is 0 Å². The van der Waals surface area contributed by atoms with E-state index in [2.05, 4.69) is 72.8 Å². The molecule has 0 spiro atoms. The van der Waals surface area contributed by atoms with Crippen molar-refractivity contribution >= 4 is 12.0 Å². The topological polar surface area (TPSA) is 40.5 Å². The molecule has 3 nitrogen and oxygen atoms in total. The molecule has 0 aliphatic carbocycles. The highest BCUT2D eigenvalue weighted by Gasteiger charge is 2.53. The first-order valence-corrected chi connectivity index (χ1v) is 14.6. The molecule has 1 heterocycles. The summed E-state index contributed by atoms with van der Waals surface area (Å²) in [7, 11) is 0. The smallest absolute Gasteiger partial charge is 0.229 e. The standard InChI is InChI=1S/C39H35NO2/c41-34(27-26-29-16-6-1-7-17-29)37-36(33-24-14-5-15-25-33)38(40(39(37)42)28-30-18-8-2-9-19-30)35(31-20-10-3-11-21-31)32-22-12-4-13-23-32/h1-27,34-38,41H,28H2/b27-26+/t34-,36-,37-,38+/m0/s1. The van der Waals surface area contributed by atoms with Gasteiger partial charge in [0.15, 0.2) is 0 Å². The summed E-state index contributed by atoms with van der Waals surface area (Å²) in [6.45, 7) is 0.468. The van der Waals surface area contributed by atoms with Crippen molar-refractivity contribution in [2.75, 3.05) is 0 Å². The molecule has 4 atom stereocenters. The number of hydrogen-bond donors (Lipinski definition) is 1. The van der Waals surface area contributed by atoms with Crippen LogP contribution < -0.4 is 0 Å². The van der Waals surface area contributed by atoms with Gasteiger partial charge in [-0.15, -0.1) is 0 Å². The van der Waals surface area contributed by atoms with Crippen LogP contribution in [0.25, 0.3) is 6.08 Å². The molecule has 208 valence electrons. The molecule has 5 aromatic rings. The number of aliphatic hydroxyl groups is 1. The molecule has 1 fully saturated rings. The van der Waals surface area contributed by atoms with Crippen molar-refractivity contribution in [1.82, 2.24) is 4.90 Å². The minimum Gasteiger partial charge on any atom is -0.388 e. The number of nitrogens with zero attached hydrogens (tertiary/aromatic N) is 1. The largest absolute Gasteiger partial charge is 0.388 e. The molecule has 3 heteroatoms. The van der Waals surface area contributed by atoms with Crippen molar-refractivity contribution in [3.63, 3.8) is 0 Å². The van der Waals surface area contributed by atoms with Crippen molar-refractivity contribution in [2.24, 2.45) is 5.92 Å². The minimum absolute atomic E-state index is 0.0280. The lowest BCUT2D eigenvalue weighted by molar-refractivity contribution is -0.134. The molecule has 0 saturated carbocycles. The number of hydrogen-bond acceptors (Lipinski definition) is 2. The highest BCUT2D eigenvalue weighted by molar-refractivity contribution is 5.85. The number of carbonyl (C=O) groups is 1. The molecule has 1 aliphatic heterocycles. The van der Waals surface area contributed by atoms with Crippen LogP contribution in [0.4, 0.5) is 0 Å². The van der Waals surface area contributed by atoms with E-state index >= 15 is 0 Å². The first-order valence-electron chi connectivity index (χ1n) is 14.6. The Morgan fingerprint density at radius 3 is 1.67 bits per heavy atom. The van der Waals surface area contributed by atoms with Gasteiger partial charge in [0.1, 0.15) is 0 Å². The summed E-state index contributed by atoms with van der Waals surface area (Å²) >= 11 is 0. The average molecular weight is 550 g/mol. The lowest BCUT2D eigenvalue weighted by atomic mass is 9.73. The van der Waals surface area contributed by atoms with Gasteiger partial charge in [0, 0.05) is 18.4 Å². The van der Waals surface area contributed by atoms with Crippen LogP contribution in [0.5, 0.6) is 0 Å². The van der Waals surface area contributed by atoms with E-state index in [1.54, 1.807) is 6.08 Å². The van der Waals surface area contributed by atoms with Crippen molar-refractivity contribution in [2.45, 2.75) is 30.5 Å². The summed E-state index contributed by atoms with van der Waals surface area (Å²) in [5, 5.41) is 11.8. The maximum Gasteiger partial charge on any atom is 0.229 e. The molecule has 1 amide bonds. The second-order valence-corrected chi connectivity index (χ2v) is 11.0. The minimum atomic E-state index is -0.960. The summed E-state index contributed by atoms with van der Waals surface area (Å²) in [6, 6.07) is 51.1. The molecule has 1 aliphatic rings. The van der Waals surface area contributed by atoms with Gasteiger partial charge in [0.25, 0.3) is 0 Å². The third-order valence-electron chi connectivity index (χ3n) is 8.38. The van der Waals surface area contributed by atoms with E-state index in [-0.39, 0.29) is 23.8 Å². The lowest BCUT2D eigenvalue weighted by Gasteiger charge is -2.36. The van der Waals surface area contributed by atoms with Crippen LogP contribution in [0.15, 0.2) is 158 Å². The zero-order valence-electron chi connectivity index (χ0n) is 23.5. The van der Waals surface area contributed by atoms with E-state index in [0.29, 0.717) is 6.54 Å². The third kappa shape index (κ3) is 5.83. The van der Waals surface area contributed by atoms with Gasteiger partial charge in [-0.1, -0.05) is 164 Å². The fourth-order valence-electron chi connectivity index (χ4n) is 6.49. The Kier molecular flexibility index (Phi) is 8.39. The van der Waals surface area contributed by atoms with Gasteiger partial charge < -0.3 is 10.0 Å². The lowest BCUT2D eigenvalue weighted by Crippen LogP contribution is -2.39. The zero-order valence-corrected chi connectivity index (χ0v) is 23.5. The second-order valence-electron chi connectivity index (χ2n) is 11.0. The fraction of sp³-hybridized carbons (Fsp3) is 0.154. The number of aliphatic hydroxyl groups excluding tert-OH is 1. The van der Waals surface area contributed by atoms with Gasteiger partial charge in [-0.2, -0.15) is 0 Å². The molecule has 0 radical (unpaired) electrons. The zero-order chi connectivity index (χ0) is 28.7. The summed E-state index contributed by atoms with van der Waals surface area (Å²) < 4.78 is 0. The van der Waals surface area contributed by atoms with E-state index in [4.69, 9.17) is 0 Å². The fourth-order valence-corrected chi connectivity index (χ4v) is 6.49. The number of benzene rings is 5. The van der Waals surface area contributed by atoms with Crippen LogP contribution in [0.1, 0.15) is 39.7 Å². The number of rotatable bonds is 9.